The van der Waals surface area contributed by atoms with Gasteiger partial charge >= 0.3 is 6.18 Å². The lowest BCUT2D eigenvalue weighted by atomic mass is 9.95. The fraction of sp³-hybridized carbons (Fsp3) is 0.533. The van der Waals surface area contributed by atoms with Crippen LogP contribution in [0.2, 0.25) is 0 Å². The van der Waals surface area contributed by atoms with Crippen LogP contribution in [0.1, 0.15) is 24.0 Å². The Morgan fingerprint density at radius 1 is 1.28 bits per heavy atom. The molecule has 1 saturated heterocycles. The molecule has 1 heterocycles. The highest BCUT2D eigenvalue weighted by Gasteiger charge is 2.48. The maximum atomic E-state index is 12.7. The summed E-state index contributed by atoms with van der Waals surface area (Å²) in [4.78, 5) is 12.5. The van der Waals surface area contributed by atoms with E-state index in [1.54, 1.807) is 0 Å². The van der Waals surface area contributed by atoms with Crippen molar-refractivity contribution in [3.63, 3.8) is 0 Å². The van der Waals surface area contributed by atoms with Gasteiger partial charge in [-0.15, -0.1) is 12.4 Å². The normalized spacial score (nSPS) is 17.4. The average Bonchev–Trinajstić information content (AvgIpc) is 2.51. The van der Waals surface area contributed by atoms with Crippen LogP contribution in [0.15, 0.2) is 24.3 Å². The Kier molecular flexibility index (Phi) is 6.88. The van der Waals surface area contributed by atoms with Crippen molar-refractivity contribution in [2.45, 2.75) is 30.3 Å². The Bertz CT molecular complexity index is 717. The SMILES string of the molecule is CS(=O)(=O)C1(C(=O)NCc2cccc(C(F)(F)F)c2)CCNCC1.Cl. The molecular weight excluding hydrogens is 381 g/mol. The van der Waals surface area contributed by atoms with Gasteiger partial charge in [0.1, 0.15) is 0 Å². The van der Waals surface area contributed by atoms with Crippen molar-refractivity contribution in [2.24, 2.45) is 0 Å². The lowest BCUT2D eigenvalue weighted by Gasteiger charge is -2.34. The molecule has 0 aromatic heterocycles. The van der Waals surface area contributed by atoms with E-state index in [1.807, 2.05) is 0 Å². The molecule has 1 aliphatic heterocycles. The van der Waals surface area contributed by atoms with Gasteiger partial charge in [0.2, 0.25) is 5.91 Å². The molecule has 25 heavy (non-hydrogen) atoms. The van der Waals surface area contributed by atoms with Crippen LogP contribution in [0.3, 0.4) is 0 Å². The number of hydrogen-bond acceptors (Lipinski definition) is 4. The summed E-state index contributed by atoms with van der Waals surface area (Å²) < 4.78 is 60.8. The molecule has 1 aromatic rings. The van der Waals surface area contributed by atoms with E-state index in [0.717, 1.165) is 18.4 Å². The number of amides is 1. The van der Waals surface area contributed by atoms with E-state index in [2.05, 4.69) is 10.6 Å². The van der Waals surface area contributed by atoms with E-state index in [0.29, 0.717) is 13.1 Å². The largest absolute Gasteiger partial charge is 0.416 e. The van der Waals surface area contributed by atoms with Crippen LogP contribution >= 0.6 is 12.4 Å². The van der Waals surface area contributed by atoms with Crippen molar-refractivity contribution >= 4 is 28.2 Å². The second-order valence-corrected chi connectivity index (χ2v) is 8.22. The van der Waals surface area contributed by atoms with Crippen molar-refractivity contribution < 1.29 is 26.4 Å². The molecule has 0 radical (unpaired) electrons. The summed E-state index contributed by atoms with van der Waals surface area (Å²) in [6.45, 7) is 0.627. The van der Waals surface area contributed by atoms with Crippen LogP contribution in [0.5, 0.6) is 0 Å². The molecule has 142 valence electrons. The fourth-order valence-corrected chi connectivity index (χ4v) is 4.15. The molecule has 0 bridgehead atoms. The van der Waals surface area contributed by atoms with Gasteiger partial charge in [-0.1, -0.05) is 12.1 Å². The third kappa shape index (κ3) is 4.86. The standard InChI is InChI=1S/C15H19F3N2O3S.ClH/c1-24(22,23)14(5-7-19-8-6-14)13(21)20-10-11-3-2-4-12(9-11)15(16,17)18;/h2-4,9,19H,5-8,10H2,1H3,(H,20,21);1H. The average molecular weight is 401 g/mol. The molecule has 1 aliphatic rings. The highest BCUT2D eigenvalue weighted by Crippen LogP contribution is 2.30. The summed E-state index contributed by atoms with van der Waals surface area (Å²) in [5.41, 5.74) is -0.551. The minimum absolute atomic E-state index is 0. The van der Waals surface area contributed by atoms with Gasteiger partial charge in [0.25, 0.3) is 0 Å². The van der Waals surface area contributed by atoms with E-state index in [4.69, 9.17) is 0 Å². The van der Waals surface area contributed by atoms with Gasteiger partial charge in [-0.05, 0) is 43.6 Å². The predicted molar refractivity (Wildman–Crippen MR) is 90.2 cm³/mol. The Hall–Kier alpha value is -1.32. The third-order valence-corrected chi connectivity index (χ3v) is 6.26. The molecule has 0 unspecified atom stereocenters. The number of carbonyl (C=O) groups excluding carboxylic acids is 1. The number of hydrogen-bond donors (Lipinski definition) is 2. The van der Waals surface area contributed by atoms with Gasteiger partial charge < -0.3 is 10.6 Å². The van der Waals surface area contributed by atoms with Gasteiger partial charge in [-0.25, -0.2) is 8.42 Å². The summed E-state index contributed by atoms with van der Waals surface area (Å²) in [7, 11) is -3.65. The number of sulfone groups is 1. The van der Waals surface area contributed by atoms with Crippen molar-refractivity contribution in [1.82, 2.24) is 10.6 Å². The zero-order valence-electron chi connectivity index (χ0n) is 13.5. The van der Waals surface area contributed by atoms with Gasteiger partial charge in [0.05, 0.1) is 5.56 Å². The number of benzene rings is 1. The number of rotatable bonds is 4. The Balaban J connectivity index is 0.00000312. The zero-order valence-corrected chi connectivity index (χ0v) is 15.2. The number of halogens is 4. The van der Waals surface area contributed by atoms with Gasteiger partial charge in [0, 0.05) is 12.8 Å². The lowest BCUT2D eigenvalue weighted by Crippen LogP contribution is -2.57. The predicted octanol–water partition coefficient (Wildman–Crippen LogP) is 1.91. The summed E-state index contributed by atoms with van der Waals surface area (Å²) in [5, 5.41) is 5.48. The minimum Gasteiger partial charge on any atom is -0.351 e. The highest BCUT2D eigenvalue weighted by molar-refractivity contribution is 7.92. The third-order valence-electron chi connectivity index (χ3n) is 4.24. The number of piperidine rings is 1. The zero-order chi connectivity index (χ0) is 18.0. The second-order valence-electron chi connectivity index (χ2n) is 5.90. The molecule has 0 spiro atoms. The fourth-order valence-electron chi connectivity index (χ4n) is 2.80. The van der Waals surface area contributed by atoms with E-state index in [9.17, 15) is 26.4 Å². The summed E-state index contributed by atoms with van der Waals surface area (Å²) in [5.74, 6) is -0.663. The molecule has 5 nitrogen and oxygen atoms in total. The molecule has 1 amide bonds. The smallest absolute Gasteiger partial charge is 0.351 e. The first-order valence-electron chi connectivity index (χ1n) is 7.41. The van der Waals surface area contributed by atoms with Crippen LogP contribution < -0.4 is 10.6 Å². The Morgan fingerprint density at radius 2 is 1.88 bits per heavy atom. The van der Waals surface area contributed by atoms with Crippen LogP contribution in [-0.4, -0.2) is 38.4 Å². The van der Waals surface area contributed by atoms with Gasteiger partial charge in [-0.2, -0.15) is 13.2 Å². The van der Waals surface area contributed by atoms with E-state index < -0.39 is 32.2 Å². The van der Waals surface area contributed by atoms with Crippen molar-refractivity contribution in [1.29, 1.82) is 0 Å². The maximum absolute atomic E-state index is 12.7. The van der Waals surface area contributed by atoms with E-state index >= 15 is 0 Å². The Morgan fingerprint density at radius 3 is 2.40 bits per heavy atom. The van der Waals surface area contributed by atoms with Gasteiger partial charge in [-0.3, -0.25) is 4.79 Å². The first-order valence-corrected chi connectivity index (χ1v) is 9.30. The van der Waals surface area contributed by atoms with Gasteiger partial charge in [0.15, 0.2) is 14.6 Å². The molecule has 0 saturated carbocycles. The van der Waals surface area contributed by atoms with Crippen LogP contribution in [0.4, 0.5) is 13.2 Å². The first kappa shape index (κ1) is 21.7. The quantitative estimate of drug-likeness (QED) is 0.809. The molecule has 0 atom stereocenters. The number of nitrogens with one attached hydrogen (secondary N) is 2. The second kappa shape index (κ2) is 7.92. The Labute approximate surface area is 150 Å². The molecule has 2 N–H and O–H groups in total. The first-order chi connectivity index (χ1) is 11.1. The molecule has 10 heteroatoms. The molecule has 1 aromatic carbocycles. The molecule has 1 fully saturated rings. The number of carbonyl (C=O) groups is 1. The minimum atomic E-state index is -4.47. The topological polar surface area (TPSA) is 75.3 Å². The van der Waals surface area contributed by atoms with Crippen molar-refractivity contribution in [3.05, 3.63) is 35.4 Å². The highest BCUT2D eigenvalue weighted by atomic mass is 35.5. The van der Waals surface area contributed by atoms with Crippen molar-refractivity contribution in [3.8, 4) is 0 Å². The van der Waals surface area contributed by atoms with E-state index in [-0.39, 0.29) is 37.4 Å². The molecular formula is C15H20ClF3N2O3S. The summed E-state index contributed by atoms with van der Waals surface area (Å²) in [6.07, 6.45) is -3.17. The van der Waals surface area contributed by atoms with Crippen LogP contribution in [0, 0.1) is 0 Å². The van der Waals surface area contributed by atoms with E-state index in [1.165, 1.54) is 12.1 Å². The van der Waals surface area contributed by atoms with Crippen molar-refractivity contribution in [2.75, 3.05) is 19.3 Å². The maximum Gasteiger partial charge on any atom is 0.416 e. The summed E-state index contributed by atoms with van der Waals surface area (Å²) in [6, 6.07) is 4.58. The molecule has 2 rings (SSSR count). The number of alkyl halides is 3. The van der Waals surface area contributed by atoms with Crippen LogP contribution in [-0.2, 0) is 27.4 Å². The van der Waals surface area contributed by atoms with Crippen LogP contribution in [0.25, 0.3) is 0 Å². The monoisotopic (exact) mass is 400 g/mol. The summed E-state index contributed by atoms with van der Waals surface area (Å²) >= 11 is 0. The molecule has 0 aliphatic carbocycles. The lowest BCUT2D eigenvalue weighted by molar-refractivity contribution is -0.137.